The number of carbonyl (C=O) groups is 1. The van der Waals surface area contributed by atoms with E-state index in [1.807, 2.05) is 0 Å². The number of aryl methyl sites for hydroxylation is 1. The highest BCUT2D eigenvalue weighted by Gasteiger charge is 2.38. The summed E-state index contributed by atoms with van der Waals surface area (Å²) in [6.45, 7) is 0.997. The Morgan fingerprint density at radius 1 is 1.36 bits per heavy atom. The maximum Gasteiger partial charge on any atom is 0.416 e. The number of nitrogens with zero attached hydrogens (tertiary/aromatic N) is 1. The van der Waals surface area contributed by atoms with Crippen molar-refractivity contribution in [3.8, 4) is 0 Å². The molecular formula is C13H14F3NO4S. The molecule has 0 saturated carbocycles. The van der Waals surface area contributed by atoms with Gasteiger partial charge in [-0.2, -0.15) is 17.5 Å². The van der Waals surface area contributed by atoms with Crippen LogP contribution in [0.5, 0.6) is 0 Å². The lowest BCUT2D eigenvalue weighted by Crippen LogP contribution is -2.30. The SMILES string of the molecule is Cc1ccc(S(=O)(=O)N2CCC(C(=O)O)C2)cc1C(F)(F)F. The third-order valence-corrected chi connectivity index (χ3v) is 5.51. The molecule has 0 amide bonds. The number of aliphatic carboxylic acids is 1. The second-order valence-corrected chi connectivity index (χ2v) is 7.10. The highest BCUT2D eigenvalue weighted by atomic mass is 32.2. The van der Waals surface area contributed by atoms with E-state index in [0.29, 0.717) is 6.07 Å². The second kappa shape index (κ2) is 5.54. The number of hydrogen-bond donors (Lipinski definition) is 1. The molecule has 2 rings (SSSR count). The Bertz CT molecular complexity index is 700. The van der Waals surface area contributed by atoms with E-state index in [1.165, 1.54) is 6.92 Å². The molecule has 1 unspecified atom stereocenters. The summed E-state index contributed by atoms with van der Waals surface area (Å²) in [6, 6.07) is 2.80. The Hall–Kier alpha value is -1.61. The van der Waals surface area contributed by atoms with E-state index in [2.05, 4.69) is 0 Å². The van der Waals surface area contributed by atoms with Crippen molar-refractivity contribution in [2.24, 2.45) is 5.92 Å². The van der Waals surface area contributed by atoms with E-state index < -0.39 is 38.5 Å². The molecule has 0 radical (unpaired) electrons. The van der Waals surface area contributed by atoms with E-state index >= 15 is 0 Å². The van der Waals surface area contributed by atoms with E-state index in [9.17, 15) is 26.4 Å². The predicted octanol–water partition coefficient (Wildman–Crippen LogP) is 2.11. The molecule has 1 aromatic rings. The van der Waals surface area contributed by atoms with E-state index in [4.69, 9.17) is 5.11 Å². The maximum atomic E-state index is 12.9. The van der Waals surface area contributed by atoms with Gasteiger partial charge >= 0.3 is 12.1 Å². The molecule has 1 aliphatic heterocycles. The van der Waals surface area contributed by atoms with Gasteiger partial charge in [-0.1, -0.05) is 6.07 Å². The minimum absolute atomic E-state index is 0.0193. The molecule has 1 N–H and O–H groups in total. The Morgan fingerprint density at radius 3 is 2.50 bits per heavy atom. The minimum Gasteiger partial charge on any atom is -0.481 e. The van der Waals surface area contributed by atoms with Crippen molar-refractivity contribution >= 4 is 16.0 Å². The first kappa shape index (κ1) is 16.8. The molecule has 5 nitrogen and oxygen atoms in total. The summed E-state index contributed by atoms with van der Waals surface area (Å²) in [5, 5.41) is 8.88. The fraction of sp³-hybridized carbons (Fsp3) is 0.462. The molecule has 1 heterocycles. The molecule has 0 bridgehead atoms. The fourth-order valence-corrected chi connectivity index (χ4v) is 3.89. The van der Waals surface area contributed by atoms with Gasteiger partial charge < -0.3 is 5.11 Å². The number of benzene rings is 1. The molecule has 0 spiro atoms. The summed E-state index contributed by atoms with van der Waals surface area (Å²) in [5.74, 6) is -1.94. The van der Waals surface area contributed by atoms with Crippen LogP contribution in [0.4, 0.5) is 13.2 Å². The van der Waals surface area contributed by atoms with Crippen molar-refractivity contribution in [1.29, 1.82) is 0 Å². The molecule has 0 aromatic heterocycles. The van der Waals surface area contributed by atoms with Crippen LogP contribution in [-0.2, 0) is 21.0 Å². The van der Waals surface area contributed by atoms with Gasteiger partial charge in [-0.25, -0.2) is 8.42 Å². The number of alkyl halides is 3. The summed E-state index contributed by atoms with van der Waals surface area (Å²) in [4.78, 5) is 10.4. The smallest absolute Gasteiger partial charge is 0.416 e. The summed E-state index contributed by atoms with van der Waals surface area (Å²) in [6.07, 6.45) is -4.50. The Morgan fingerprint density at radius 2 is 2.00 bits per heavy atom. The van der Waals surface area contributed by atoms with E-state index in [-0.39, 0.29) is 25.1 Å². The monoisotopic (exact) mass is 337 g/mol. The van der Waals surface area contributed by atoms with Crippen LogP contribution in [0.15, 0.2) is 23.1 Å². The zero-order valence-electron chi connectivity index (χ0n) is 11.6. The minimum atomic E-state index is -4.65. The topological polar surface area (TPSA) is 74.7 Å². The van der Waals surface area contributed by atoms with Crippen molar-refractivity contribution in [2.45, 2.75) is 24.4 Å². The van der Waals surface area contributed by atoms with Crippen molar-refractivity contribution in [3.05, 3.63) is 29.3 Å². The maximum absolute atomic E-state index is 12.9. The van der Waals surface area contributed by atoms with Crippen LogP contribution in [0.3, 0.4) is 0 Å². The molecule has 1 aliphatic rings. The van der Waals surface area contributed by atoms with Crippen LogP contribution in [0, 0.1) is 12.8 Å². The van der Waals surface area contributed by atoms with Gasteiger partial charge in [0.15, 0.2) is 0 Å². The highest BCUT2D eigenvalue weighted by Crippen LogP contribution is 2.34. The first-order valence-electron chi connectivity index (χ1n) is 6.44. The Kier molecular flexibility index (Phi) is 4.22. The lowest BCUT2D eigenvalue weighted by atomic mass is 10.1. The fourth-order valence-electron chi connectivity index (χ4n) is 2.36. The number of halogens is 3. The van der Waals surface area contributed by atoms with Crippen molar-refractivity contribution in [3.63, 3.8) is 0 Å². The average molecular weight is 337 g/mol. The quantitative estimate of drug-likeness (QED) is 0.917. The molecule has 122 valence electrons. The van der Waals surface area contributed by atoms with Crippen LogP contribution in [-0.4, -0.2) is 36.9 Å². The van der Waals surface area contributed by atoms with Gasteiger partial charge in [-0.3, -0.25) is 4.79 Å². The molecular weight excluding hydrogens is 323 g/mol. The highest BCUT2D eigenvalue weighted by molar-refractivity contribution is 7.89. The van der Waals surface area contributed by atoms with Gasteiger partial charge in [0.2, 0.25) is 10.0 Å². The lowest BCUT2D eigenvalue weighted by molar-refractivity contribution is -0.141. The first-order valence-corrected chi connectivity index (χ1v) is 7.88. The third-order valence-electron chi connectivity index (χ3n) is 3.65. The molecule has 1 fully saturated rings. The second-order valence-electron chi connectivity index (χ2n) is 5.16. The van der Waals surface area contributed by atoms with Crippen molar-refractivity contribution in [1.82, 2.24) is 4.31 Å². The van der Waals surface area contributed by atoms with E-state index in [0.717, 1.165) is 16.4 Å². The zero-order valence-corrected chi connectivity index (χ0v) is 12.4. The molecule has 1 aromatic carbocycles. The van der Waals surface area contributed by atoms with E-state index in [1.54, 1.807) is 0 Å². The zero-order chi connectivity index (χ0) is 16.7. The average Bonchev–Trinajstić information content (AvgIpc) is 2.87. The molecule has 9 heteroatoms. The summed E-state index contributed by atoms with van der Waals surface area (Å²) in [5.41, 5.74) is -1.08. The number of carboxylic acids is 1. The van der Waals surface area contributed by atoms with Gasteiger partial charge in [-0.15, -0.1) is 0 Å². The lowest BCUT2D eigenvalue weighted by Gasteiger charge is -2.18. The summed E-state index contributed by atoms with van der Waals surface area (Å²) >= 11 is 0. The molecule has 0 aliphatic carbocycles. The Labute approximate surface area is 125 Å². The largest absolute Gasteiger partial charge is 0.481 e. The van der Waals surface area contributed by atoms with Crippen molar-refractivity contribution < 1.29 is 31.5 Å². The predicted molar refractivity (Wildman–Crippen MR) is 70.7 cm³/mol. The van der Waals surface area contributed by atoms with Gasteiger partial charge in [0.1, 0.15) is 0 Å². The van der Waals surface area contributed by atoms with Crippen LogP contribution in [0.2, 0.25) is 0 Å². The number of carboxylic acid groups (broad SMARTS) is 1. The first-order chi connectivity index (χ1) is 10.0. The van der Waals surface area contributed by atoms with Gasteiger partial charge in [0, 0.05) is 13.1 Å². The normalized spacial score (nSPS) is 20.3. The summed E-state index contributed by atoms with van der Waals surface area (Å²) < 4.78 is 64.3. The third kappa shape index (κ3) is 3.09. The number of hydrogen-bond acceptors (Lipinski definition) is 3. The van der Waals surface area contributed by atoms with Gasteiger partial charge in [0.25, 0.3) is 0 Å². The van der Waals surface area contributed by atoms with Crippen LogP contribution in [0.25, 0.3) is 0 Å². The molecule has 1 atom stereocenters. The van der Waals surface area contributed by atoms with Crippen molar-refractivity contribution in [2.75, 3.05) is 13.1 Å². The van der Waals surface area contributed by atoms with Crippen LogP contribution < -0.4 is 0 Å². The summed E-state index contributed by atoms with van der Waals surface area (Å²) in [7, 11) is -4.13. The van der Waals surface area contributed by atoms with Crippen LogP contribution in [0.1, 0.15) is 17.5 Å². The Balaban J connectivity index is 2.37. The molecule has 22 heavy (non-hydrogen) atoms. The van der Waals surface area contributed by atoms with Gasteiger partial charge in [0.05, 0.1) is 16.4 Å². The standard InChI is InChI=1S/C13H14F3NO4S/c1-8-2-3-10(6-11(8)13(14,15)16)22(20,21)17-5-4-9(7-17)12(18)19/h2-3,6,9H,4-5,7H2,1H3,(H,18,19). The number of sulfonamides is 1. The molecule has 1 saturated heterocycles. The van der Waals surface area contributed by atoms with Crippen LogP contribution >= 0.6 is 0 Å². The van der Waals surface area contributed by atoms with Gasteiger partial charge in [-0.05, 0) is 31.0 Å². The number of rotatable bonds is 3.